The van der Waals surface area contributed by atoms with E-state index in [1.165, 1.54) is 6.07 Å². The predicted molar refractivity (Wildman–Crippen MR) is 164 cm³/mol. The van der Waals surface area contributed by atoms with Crippen LogP contribution >= 0.6 is 11.6 Å². The first-order chi connectivity index (χ1) is 21.3. The Bertz CT molecular complexity index is 1950. The van der Waals surface area contributed by atoms with E-state index in [9.17, 15) is 9.50 Å². The van der Waals surface area contributed by atoms with Crippen molar-refractivity contribution in [2.24, 2.45) is 0 Å². The number of nitrogens with one attached hydrogen (secondary N) is 1. The third-order valence-corrected chi connectivity index (χ3v) is 10.4. The van der Waals surface area contributed by atoms with Crippen LogP contribution in [-0.4, -0.2) is 81.5 Å². The summed E-state index contributed by atoms with van der Waals surface area (Å²) in [5.74, 6) is 6.37. The highest BCUT2D eigenvalue weighted by atomic mass is 35.5. The number of fused-ring (bicyclic) bond motifs is 7. The molecular formula is C33H29ClF2N6O2. The van der Waals surface area contributed by atoms with Crippen LogP contribution in [0, 0.1) is 17.7 Å². The second-order valence-corrected chi connectivity index (χ2v) is 13.2. The van der Waals surface area contributed by atoms with Crippen LogP contribution in [0.5, 0.6) is 11.8 Å². The summed E-state index contributed by atoms with van der Waals surface area (Å²) < 4.78 is 36.1. The number of halogens is 3. The summed E-state index contributed by atoms with van der Waals surface area (Å²) >= 11 is 7.01. The zero-order valence-corrected chi connectivity index (χ0v) is 24.6. The molecular weight excluding hydrogens is 586 g/mol. The van der Waals surface area contributed by atoms with Crippen LogP contribution in [0.15, 0.2) is 24.3 Å². The summed E-state index contributed by atoms with van der Waals surface area (Å²) in [7, 11) is 0. The summed E-state index contributed by atoms with van der Waals surface area (Å²) in [4.78, 5) is 19.1. The van der Waals surface area contributed by atoms with Gasteiger partial charge in [-0.1, -0.05) is 29.5 Å². The van der Waals surface area contributed by atoms with Crippen LogP contribution in [-0.2, 0) is 0 Å². The van der Waals surface area contributed by atoms with Gasteiger partial charge in [0.05, 0.1) is 27.7 Å². The Kier molecular flexibility index (Phi) is 5.81. The number of anilines is 1. The van der Waals surface area contributed by atoms with Crippen molar-refractivity contribution >= 4 is 39.1 Å². The van der Waals surface area contributed by atoms with Crippen molar-refractivity contribution in [2.45, 2.75) is 55.9 Å². The van der Waals surface area contributed by atoms with Gasteiger partial charge in [0.15, 0.2) is 0 Å². The zero-order chi connectivity index (χ0) is 29.7. The SMILES string of the molecule is Oc1cc2c3c(c(F)ccc3c1)C#Cc1c-2nc(Cl)c2c(N3CC4CCC(C3)N4)nc(OC[C@@]34CCCN3C[C@H](F)C4)nc12. The van der Waals surface area contributed by atoms with Crippen molar-refractivity contribution in [3.05, 3.63) is 46.4 Å². The molecule has 4 atom stereocenters. The average molecular weight is 615 g/mol. The van der Waals surface area contributed by atoms with E-state index in [2.05, 4.69) is 27.0 Å². The Balaban J connectivity index is 1.25. The van der Waals surface area contributed by atoms with Gasteiger partial charge < -0.3 is 20.1 Å². The molecule has 0 radical (unpaired) electrons. The lowest BCUT2D eigenvalue weighted by atomic mass is 9.95. The number of alkyl halides is 1. The van der Waals surface area contributed by atoms with E-state index in [1.54, 1.807) is 18.2 Å². The van der Waals surface area contributed by atoms with Crippen LogP contribution in [0.1, 0.15) is 43.2 Å². The molecule has 4 saturated heterocycles. The van der Waals surface area contributed by atoms with Gasteiger partial charge in [0.2, 0.25) is 0 Å². The van der Waals surface area contributed by atoms with Crippen molar-refractivity contribution in [1.29, 1.82) is 0 Å². The zero-order valence-electron chi connectivity index (χ0n) is 23.8. The normalized spacial score (nSPS) is 26.9. The van der Waals surface area contributed by atoms with Crippen molar-refractivity contribution in [3.8, 4) is 34.9 Å². The Morgan fingerprint density at radius 3 is 2.73 bits per heavy atom. The number of rotatable bonds is 4. The van der Waals surface area contributed by atoms with Gasteiger partial charge in [-0.25, -0.2) is 13.8 Å². The van der Waals surface area contributed by atoms with Crippen LogP contribution in [0.2, 0.25) is 5.15 Å². The van der Waals surface area contributed by atoms with Gasteiger partial charge in [-0.2, -0.15) is 9.97 Å². The van der Waals surface area contributed by atoms with Crippen LogP contribution in [0.4, 0.5) is 14.6 Å². The monoisotopic (exact) mass is 614 g/mol. The number of pyridine rings is 1. The molecule has 4 aliphatic heterocycles. The summed E-state index contributed by atoms with van der Waals surface area (Å²) in [6, 6.07) is 6.95. The fraction of sp³-hybridized carbons (Fsp3) is 0.424. The van der Waals surface area contributed by atoms with E-state index >= 15 is 4.39 Å². The molecule has 0 amide bonds. The van der Waals surface area contributed by atoms with Crippen molar-refractivity contribution in [2.75, 3.05) is 37.7 Å². The number of hydrogen-bond donors (Lipinski definition) is 2. The van der Waals surface area contributed by atoms with Crippen LogP contribution in [0.3, 0.4) is 0 Å². The molecule has 8 nitrogen and oxygen atoms in total. The summed E-state index contributed by atoms with van der Waals surface area (Å²) in [5.41, 5.74) is 1.70. The molecule has 2 aromatic heterocycles. The Labute approximate surface area is 257 Å². The minimum absolute atomic E-state index is 0.0164. The van der Waals surface area contributed by atoms with Gasteiger partial charge in [-0.15, -0.1) is 0 Å². The predicted octanol–water partition coefficient (Wildman–Crippen LogP) is 4.95. The Hall–Kier alpha value is -3.78. The summed E-state index contributed by atoms with van der Waals surface area (Å²) in [6.45, 7) is 3.05. The molecule has 2 aromatic carbocycles. The molecule has 0 spiro atoms. The van der Waals surface area contributed by atoms with Gasteiger partial charge in [0.25, 0.3) is 0 Å². The molecule has 2 bridgehead atoms. The van der Waals surface area contributed by atoms with E-state index in [-0.39, 0.29) is 34.6 Å². The maximum absolute atomic E-state index is 15.2. The van der Waals surface area contributed by atoms with E-state index < -0.39 is 12.0 Å². The molecule has 4 aromatic rings. The molecule has 5 aliphatic rings. The lowest BCUT2D eigenvalue weighted by Gasteiger charge is -2.35. The highest BCUT2D eigenvalue weighted by Crippen LogP contribution is 2.44. The van der Waals surface area contributed by atoms with E-state index in [0.717, 1.165) is 45.3 Å². The molecule has 11 heteroatoms. The van der Waals surface area contributed by atoms with Crippen molar-refractivity contribution in [3.63, 3.8) is 0 Å². The molecule has 1 aliphatic carbocycles. The highest BCUT2D eigenvalue weighted by Gasteiger charge is 2.49. The molecule has 2 unspecified atom stereocenters. The topological polar surface area (TPSA) is 86.6 Å². The van der Waals surface area contributed by atoms with Crippen LogP contribution < -0.4 is 15.0 Å². The number of hydrogen-bond acceptors (Lipinski definition) is 8. The fourth-order valence-electron chi connectivity index (χ4n) is 8.20. The van der Waals surface area contributed by atoms with E-state index in [4.69, 9.17) is 31.3 Å². The standard InChI is InChI=1S/C33H29ClF2N6O2/c34-30-27-29(23-6-5-22-25(36)7-2-17-10-21(43)11-24(26(17)22)28(23)38-30)39-32(40-31(27)41-14-19-3-4-20(15-41)37-19)44-16-33-8-1-9-42(33)13-18(35)12-33/h2,7,10-11,18-20,37,43H,1,3-4,8-9,12-16H2/t18-,19?,20?,33+/m1/s1. The van der Waals surface area contributed by atoms with Crippen molar-refractivity contribution in [1.82, 2.24) is 25.2 Å². The fourth-order valence-corrected chi connectivity index (χ4v) is 8.46. The molecule has 4 fully saturated rings. The summed E-state index contributed by atoms with van der Waals surface area (Å²) in [5, 5.41) is 16.2. The van der Waals surface area contributed by atoms with E-state index in [0.29, 0.717) is 69.4 Å². The quantitative estimate of drug-likeness (QED) is 0.217. The number of aromatic hydroxyl groups is 1. The lowest BCUT2D eigenvalue weighted by molar-refractivity contribution is 0.107. The second kappa shape index (κ2) is 9.61. The third kappa shape index (κ3) is 3.99. The summed E-state index contributed by atoms with van der Waals surface area (Å²) in [6.07, 6.45) is 3.59. The number of piperazine rings is 1. The van der Waals surface area contributed by atoms with Gasteiger partial charge in [-0.3, -0.25) is 4.90 Å². The number of nitrogens with zero attached hydrogens (tertiary/aromatic N) is 5. The average Bonchev–Trinajstić information content (AvgIpc) is 3.61. The van der Waals surface area contributed by atoms with Gasteiger partial charge >= 0.3 is 6.01 Å². The number of phenolic OH excluding ortho intramolecular Hbond substituents is 1. The number of ether oxygens (including phenoxy) is 1. The third-order valence-electron chi connectivity index (χ3n) is 10.1. The minimum Gasteiger partial charge on any atom is -0.508 e. The number of aromatic nitrogens is 3. The minimum atomic E-state index is -0.875. The van der Waals surface area contributed by atoms with Gasteiger partial charge in [0.1, 0.15) is 40.8 Å². The largest absolute Gasteiger partial charge is 0.508 e. The van der Waals surface area contributed by atoms with Crippen LogP contribution in [0.25, 0.3) is 32.9 Å². The van der Waals surface area contributed by atoms with Gasteiger partial charge in [0, 0.05) is 49.1 Å². The highest BCUT2D eigenvalue weighted by molar-refractivity contribution is 6.35. The van der Waals surface area contributed by atoms with Gasteiger partial charge in [-0.05, 0) is 55.8 Å². The lowest BCUT2D eigenvalue weighted by Crippen LogP contribution is -2.51. The van der Waals surface area contributed by atoms with Crippen molar-refractivity contribution < 1.29 is 18.6 Å². The molecule has 44 heavy (non-hydrogen) atoms. The maximum atomic E-state index is 15.2. The number of phenols is 1. The first-order valence-corrected chi connectivity index (χ1v) is 15.6. The molecule has 6 heterocycles. The first-order valence-electron chi connectivity index (χ1n) is 15.3. The Morgan fingerprint density at radius 2 is 1.89 bits per heavy atom. The second-order valence-electron chi connectivity index (χ2n) is 12.9. The Morgan fingerprint density at radius 1 is 1.07 bits per heavy atom. The van der Waals surface area contributed by atoms with E-state index in [1.807, 2.05) is 0 Å². The molecule has 9 rings (SSSR count). The maximum Gasteiger partial charge on any atom is 0.319 e. The number of benzene rings is 2. The molecule has 224 valence electrons. The smallest absolute Gasteiger partial charge is 0.319 e. The first kappa shape index (κ1) is 26.6. The molecule has 2 N–H and O–H groups in total. The molecule has 0 saturated carbocycles.